The van der Waals surface area contributed by atoms with Crippen molar-refractivity contribution in [2.45, 2.75) is 38.2 Å². The van der Waals surface area contributed by atoms with Crippen molar-refractivity contribution in [2.24, 2.45) is 5.92 Å². The molecular weight excluding hydrogens is 380 g/mol. The monoisotopic (exact) mass is 401 g/mol. The van der Waals surface area contributed by atoms with E-state index in [9.17, 15) is 18.7 Å². The molecule has 0 aromatic carbocycles. The van der Waals surface area contributed by atoms with Crippen molar-refractivity contribution in [2.75, 3.05) is 11.9 Å². The number of pyridine rings is 2. The third-order valence-corrected chi connectivity index (χ3v) is 5.33. The smallest absolute Gasteiger partial charge is 0.280 e. The summed E-state index contributed by atoms with van der Waals surface area (Å²) >= 11 is 0. The second kappa shape index (κ2) is 8.20. The van der Waals surface area contributed by atoms with Gasteiger partial charge in [-0.15, -0.1) is 0 Å². The van der Waals surface area contributed by atoms with Gasteiger partial charge in [0.1, 0.15) is 22.7 Å². The molecule has 0 spiro atoms. The lowest BCUT2D eigenvalue weighted by Gasteiger charge is -2.27. The zero-order valence-corrected chi connectivity index (χ0v) is 15.6. The van der Waals surface area contributed by atoms with Crippen LogP contribution in [0.25, 0.3) is 10.9 Å². The highest BCUT2D eigenvalue weighted by atomic mass is 19.3. The third kappa shape index (κ3) is 4.24. The molecule has 0 unspecified atom stereocenters. The Kier molecular flexibility index (Phi) is 5.48. The van der Waals surface area contributed by atoms with Crippen LogP contribution in [0.3, 0.4) is 0 Å². The van der Waals surface area contributed by atoms with Crippen LogP contribution in [-0.4, -0.2) is 37.4 Å². The van der Waals surface area contributed by atoms with Crippen molar-refractivity contribution in [3.05, 3.63) is 48.0 Å². The molecule has 0 aliphatic heterocycles. The maximum absolute atomic E-state index is 12.8. The van der Waals surface area contributed by atoms with Gasteiger partial charge in [0, 0.05) is 18.2 Å². The Bertz CT molecular complexity index is 1020. The average Bonchev–Trinajstić information content (AvgIpc) is 3.17. The molecule has 0 saturated heterocycles. The van der Waals surface area contributed by atoms with Gasteiger partial charge >= 0.3 is 0 Å². The Labute approximate surface area is 165 Å². The van der Waals surface area contributed by atoms with E-state index in [0.717, 1.165) is 31.1 Å². The van der Waals surface area contributed by atoms with Crippen molar-refractivity contribution in [3.8, 4) is 0 Å². The number of anilines is 1. The number of fused-ring (bicyclic) bond motifs is 1. The van der Waals surface area contributed by atoms with Gasteiger partial charge in [-0.25, -0.2) is 18.7 Å². The zero-order chi connectivity index (χ0) is 20.4. The molecule has 1 aliphatic rings. The minimum atomic E-state index is -2.74. The summed E-state index contributed by atoms with van der Waals surface area (Å²) in [6.45, 7) is 0.232. The summed E-state index contributed by atoms with van der Waals surface area (Å²) in [7, 11) is 0. The predicted molar refractivity (Wildman–Crippen MR) is 103 cm³/mol. The summed E-state index contributed by atoms with van der Waals surface area (Å²) in [6.07, 6.45) is 4.62. The van der Waals surface area contributed by atoms with E-state index in [1.165, 1.54) is 18.2 Å². The number of halogens is 2. The number of hydrogen-bond acceptors (Lipinski definition) is 5. The maximum Gasteiger partial charge on any atom is 0.280 e. The molecule has 0 bridgehead atoms. The molecule has 3 aromatic rings. The highest BCUT2D eigenvalue weighted by Gasteiger charge is 2.23. The van der Waals surface area contributed by atoms with Crippen molar-refractivity contribution >= 4 is 22.6 Å². The molecule has 29 heavy (non-hydrogen) atoms. The van der Waals surface area contributed by atoms with Gasteiger partial charge in [0.25, 0.3) is 12.3 Å². The van der Waals surface area contributed by atoms with E-state index in [-0.39, 0.29) is 18.3 Å². The second-order valence-corrected chi connectivity index (χ2v) is 7.30. The minimum Gasteiger partial charge on any atom is -0.396 e. The first kappa shape index (κ1) is 19.4. The van der Waals surface area contributed by atoms with Gasteiger partial charge in [-0.1, -0.05) is 6.07 Å². The van der Waals surface area contributed by atoms with Gasteiger partial charge in [-0.2, -0.15) is 5.10 Å². The summed E-state index contributed by atoms with van der Waals surface area (Å²) in [5.74, 6) is 0.0706. The maximum atomic E-state index is 12.8. The van der Waals surface area contributed by atoms with E-state index in [1.54, 1.807) is 12.3 Å². The number of aromatic nitrogens is 4. The predicted octanol–water partition coefficient (Wildman–Crippen LogP) is 3.74. The summed E-state index contributed by atoms with van der Waals surface area (Å²) in [4.78, 5) is 20.2. The van der Waals surface area contributed by atoms with E-state index < -0.39 is 18.0 Å². The lowest BCUT2D eigenvalue weighted by atomic mass is 9.87. The molecule has 0 atom stereocenters. The van der Waals surface area contributed by atoms with Crippen molar-refractivity contribution in [1.82, 2.24) is 19.7 Å². The standard InChI is InChI=1S/C20H21F2N5O2/c21-19(22)15-2-1-3-16(24-15)20(29)25-18-8-13-10-27(26-17(13)9-23-18)14-6-4-12(11-28)5-7-14/h1-3,8-10,12,14,19,28H,4-7,11H2,(H,25,29). The van der Waals surface area contributed by atoms with Gasteiger partial charge in [-0.05, 0) is 49.8 Å². The molecule has 3 aromatic heterocycles. The molecule has 1 saturated carbocycles. The Balaban J connectivity index is 1.49. The van der Waals surface area contributed by atoms with E-state index in [0.29, 0.717) is 17.3 Å². The largest absolute Gasteiger partial charge is 0.396 e. The number of hydrogen-bond donors (Lipinski definition) is 2. The second-order valence-electron chi connectivity index (χ2n) is 7.30. The van der Waals surface area contributed by atoms with Crippen molar-refractivity contribution in [3.63, 3.8) is 0 Å². The van der Waals surface area contributed by atoms with Crippen LogP contribution in [0.1, 0.15) is 54.3 Å². The summed E-state index contributed by atoms with van der Waals surface area (Å²) in [5.41, 5.74) is 0.171. The Morgan fingerprint density at radius 3 is 2.79 bits per heavy atom. The molecular formula is C20H21F2N5O2. The summed E-state index contributed by atoms with van der Waals surface area (Å²) in [6, 6.07) is 5.90. The van der Waals surface area contributed by atoms with Crippen LogP contribution < -0.4 is 5.32 Å². The van der Waals surface area contributed by atoms with Crippen molar-refractivity contribution < 1.29 is 18.7 Å². The molecule has 152 valence electrons. The topological polar surface area (TPSA) is 92.9 Å². The molecule has 2 N–H and O–H groups in total. The first-order chi connectivity index (χ1) is 14.0. The van der Waals surface area contributed by atoms with E-state index >= 15 is 0 Å². The number of rotatable bonds is 5. The number of nitrogens with one attached hydrogen (secondary N) is 1. The van der Waals surface area contributed by atoms with Gasteiger partial charge < -0.3 is 10.4 Å². The van der Waals surface area contributed by atoms with Crippen LogP contribution in [0.4, 0.5) is 14.6 Å². The Hall–Kier alpha value is -2.94. The Morgan fingerprint density at radius 1 is 1.28 bits per heavy atom. The van der Waals surface area contributed by atoms with Crippen LogP contribution >= 0.6 is 0 Å². The van der Waals surface area contributed by atoms with Crippen LogP contribution in [0.15, 0.2) is 36.7 Å². The molecule has 4 rings (SSSR count). The first-order valence-electron chi connectivity index (χ1n) is 9.55. The lowest BCUT2D eigenvalue weighted by molar-refractivity contribution is 0.101. The van der Waals surface area contributed by atoms with E-state index in [2.05, 4.69) is 20.4 Å². The normalized spacial score (nSPS) is 19.6. The molecule has 9 heteroatoms. The fourth-order valence-electron chi connectivity index (χ4n) is 3.67. The van der Waals surface area contributed by atoms with Crippen LogP contribution in [0.2, 0.25) is 0 Å². The molecule has 1 fully saturated rings. The number of carbonyl (C=O) groups excluding carboxylic acids is 1. The summed E-state index contributed by atoms with van der Waals surface area (Å²) < 4.78 is 27.5. The quantitative estimate of drug-likeness (QED) is 0.679. The van der Waals surface area contributed by atoms with E-state index in [1.807, 2.05) is 10.9 Å². The Morgan fingerprint density at radius 2 is 2.07 bits per heavy atom. The SMILES string of the molecule is O=C(Nc1cc2cn(C3CCC(CO)CC3)nc2cn1)c1cccc(C(F)F)n1. The van der Waals surface area contributed by atoms with E-state index in [4.69, 9.17) is 0 Å². The third-order valence-electron chi connectivity index (χ3n) is 5.33. The number of alkyl halides is 2. The zero-order valence-electron chi connectivity index (χ0n) is 15.6. The summed E-state index contributed by atoms with van der Waals surface area (Å²) in [5, 5.41) is 17.3. The fourth-order valence-corrected chi connectivity index (χ4v) is 3.67. The van der Waals surface area contributed by atoms with Gasteiger partial charge in [0.05, 0.1) is 12.2 Å². The number of aliphatic hydroxyl groups is 1. The molecule has 1 aliphatic carbocycles. The molecule has 3 heterocycles. The van der Waals surface area contributed by atoms with Gasteiger partial charge in [0.15, 0.2) is 0 Å². The van der Waals surface area contributed by atoms with Crippen LogP contribution in [-0.2, 0) is 0 Å². The number of carbonyl (C=O) groups is 1. The number of aliphatic hydroxyl groups excluding tert-OH is 1. The fraction of sp³-hybridized carbons (Fsp3) is 0.400. The number of nitrogens with zero attached hydrogens (tertiary/aromatic N) is 4. The van der Waals surface area contributed by atoms with Crippen LogP contribution in [0.5, 0.6) is 0 Å². The lowest BCUT2D eigenvalue weighted by Crippen LogP contribution is -2.20. The average molecular weight is 401 g/mol. The highest BCUT2D eigenvalue weighted by molar-refractivity contribution is 6.03. The molecule has 0 radical (unpaired) electrons. The van der Waals surface area contributed by atoms with Crippen molar-refractivity contribution in [1.29, 1.82) is 0 Å². The van der Waals surface area contributed by atoms with Crippen LogP contribution in [0, 0.1) is 5.92 Å². The van der Waals surface area contributed by atoms with Gasteiger partial charge in [-0.3, -0.25) is 9.48 Å². The minimum absolute atomic E-state index is 0.0963. The molecule has 1 amide bonds. The highest BCUT2D eigenvalue weighted by Crippen LogP contribution is 2.32. The first-order valence-corrected chi connectivity index (χ1v) is 9.55. The molecule has 7 nitrogen and oxygen atoms in total. The number of amides is 1. The van der Waals surface area contributed by atoms with Gasteiger partial charge in [0.2, 0.25) is 0 Å².